The summed E-state index contributed by atoms with van der Waals surface area (Å²) in [6, 6.07) is 5.36. The molecule has 0 fully saturated rings. The first-order valence-corrected chi connectivity index (χ1v) is 6.34. The lowest BCUT2D eigenvalue weighted by Crippen LogP contribution is -1.93. The van der Waals surface area contributed by atoms with Gasteiger partial charge in [0.1, 0.15) is 5.75 Å². The van der Waals surface area contributed by atoms with Gasteiger partial charge in [0.25, 0.3) is 0 Å². The minimum Gasteiger partial charge on any atom is -0.424 e. The van der Waals surface area contributed by atoms with Gasteiger partial charge in [-0.25, -0.2) is 0 Å². The molecule has 72 valence electrons. The van der Waals surface area contributed by atoms with E-state index in [9.17, 15) is 0 Å². The van der Waals surface area contributed by atoms with E-state index in [0.29, 0.717) is 5.75 Å². The Bertz CT molecular complexity index is 358. The average molecular weight is 218 g/mol. The molecule has 0 amide bonds. The fourth-order valence-corrected chi connectivity index (χ4v) is 1.65. The van der Waals surface area contributed by atoms with Crippen LogP contribution in [0.3, 0.4) is 0 Å². The van der Waals surface area contributed by atoms with Crippen molar-refractivity contribution in [1.82, 2.24) is 0 Å². The van der Waals surface area contributed by atoms with E-state index in [1.807, 2.05) is 19.9 Å². The first-order valence-electron chi connectivity index (χ1n) is 3.71. The van der Waals surface area contributed by atoms with Gasteiger partial charge >= 0.3 is 6.72 Å². The Morgan fingerprint density at radius 2 is 1.92 bits per heavy atom. The van der Waals surface area contributed by atoms with E-state index in [0.717, 1.165) is 11.1 Å². The van der Waals surface area contributed by atoms with E-state index in [4.69, 9.17) is 14.3 Å². The third-order valence-electron chi connectivity index (χ3n) is 1.77. The highest BCUT2D eigenvalue weighted by Gasteiger charge is 2.12. The van der Waals surface area contributed by atoms with Crippen LogP contribution >= 0.6 is 6.72 Å². The summed E-state index contributed by atoms with van der Waals surface area (Å²) in [5.74, 6) is 0.438. The van der Waals surface area contributed by atoms with E-state index >= 15 is 0 Å². The first-order chi connectivity index (χ1) is 5.90. The Hall–Kier alpha value is -0.410. The lowest BCUT2D eigenvalue weighted by atomic mass is 10.1. The molecule has 0 unspecified atom stereocenters. The molecule has 0 saturated carbocycles. The van der Waals surface area contributed by atoms with Crippen molar-refractivity contribution in [1.29, 1.82) is 0 Å². The SMILES string of the molecule is Cc1cccc(OP(O)(O)=S)c1C. The van der Waals surface area contributed by atoms with Crippen LogP contribution in [-0.2, 0) is 11.8 Å². The van der Waals surface area contributed by atoms with E-state index < -0.39 is 6.72 Å². The van der Waals surface area contributed by atoms with Gasteiger partial charge in [0.15, 0.2) is 0 Å². The topological polar surface area (TPSA) is 49.7 Å². The van der Waals surface area contributed by atoms with Crippen LogP contribution in [0, 0.1) is 13.8 Å². The second kappa shape index (κ2) is 3.76. The number of rotatable bonds is 2. The van der Waals surface area contributed by atoms with Gasteiger partial charge in [-0.3, -0.25) is 0 Å². The minimum atomic E-state index is -3.60. The summed E-state index contributed by atoms with van der Waals surface area (Å²) in [6.07, 6.45) is 0. The molecule has 0 aliphatic rings. The zero-order valence-corrected chi connectivity index (χ0v) is 9.10. The molecule has 0 aliphatic heterocycles. The third-order valence-corrected chi connectivity index (χ3v) is 2.43. The number of aryl methyl sites for hydroxylation is 1. The van der Waals surface area contributed by atoms with Crippen LogP contribution in [0.1, 0.15) is 11.1 Å². The molecular weight excluding hydrogens is 207 g/mol. The molecule has 0 aliphatic carbocycles. The highest BCUT2D eigenvalue weighted by Crippen LogP contribution is 2.39. The molecule has 1 aromatic carbocycles. The lowest BCUT2D eigenvalue weighted by Gasteiger charge is -2.13. The van der Waals surface area contributed by atoms with Crippen LogP contribution in [0.4, 0.5) is 0 Å². The van der Waals surface area contributed by atoms with Crippen LogP contribution < -0.4 is 4.52 Å². The lowest BCUT2D eigenvalue weighted by molar-refractivity contribution is 0.369. The molecule has 0 aromatic heterocycles. The standard InChI is InChI=1S/C8H11O3PS/c1-6-4-3-5-8(7(6)2)11-12(9,10)13/h3-5H,1-2H3,(H2,9,10,13). The molecule has 1 rings (SSSR count). The Kier molecular flexibility index (Phi) is 3.09. The normalized spacial score (nSPS) is 11.4. The first kappa shape index (κ1) is 10.7. The van der Waals surface area contributed by atoms with Crippen LogP contribution in [0.15, 0.2) is 18.2 Å². The molecule has 2 N–H and O–H groups in total. The summed E-state index contributed by atoms with van der Waals surface area (Å²) in [4.78, 5) is 17.9. The molecule has 0 spiro atoms. The van der Waals surface area contributed by atoms with Crippen molar-refractivity contribution < 1.29 is 14.3 Å². The Morgan fingerprint density at radius 3 is 2.46 bits per heavy atom. The zero-order chi connectivity index (χ0) is 10.1. The highest BCUT2D eigenvalue weighted by molar-refractivity contribution is 8.06. The van der Waals surface area contributed by atoms with Gasteiger partial charge in [-0.2, -0.15) is 0 Å². The van der Waals surface area contributed by atoms with Crippen LogP contribution in [0.5, 0.6) is 5.75 Å². The van der Waals surface area contributed by atoms with Crippen molar-refractivity contribution in [2.24, 2.45) is 0 Å². The molecule has 0 heterocycles. The van der Waals surface area contributed by atoms with Crippen molar-refractivity contribution in [3.8, 4) is 5.75 Å². The zero-order valence-electron chi connectivity index (χ0n) is 7.39. The van der Waals surface area contributed by atoms with Crippen LogP contribution in [-0.4, -0.2) is 9.79 Å². The molecule has 0 radical (unpaired) electrons. The van der Waals surface area contributed by atoms with Crippen molar-refractivity contribution in [3.05, 3.63) is 29.3 Å². The third kappa shape index (κ3) is 3.08. The van der Waals surface area contributed by atoms with Crippen molar-refractivity contribution in [2.75, 3.05) is 0 Å². The van der Waals surface area contributed by atoms with Crippen LogP contribution in [0.2, 0.25) is 0 Å². The maximum atomic E-state index is 8.95. The summed E-state index contributed by atoms with van der Waals surface area (Å²) in [5.41, 5.74) is 1.90. The van der Waals surface area contributed by atoms with Crippen molar-refractivity contribution >= 4 is 18.5 Å². The maximum Gasteiger partial charge on any atom is 0.375 e. The molecule has 0 bridgehead atoms. The van der Waals surface area contributed by atoms with Crippen LogP contribution in [0.25, 0.3) is 0 Å². The predicted molar refractivity (Wildman–Crippen MR) is 55.3 cm³/mol. The summed E-state index contributed by atoms with van der Waals surface area (Å²) >= 11 is 4.37. The average Bonchev–Trinajstić information content (AvgIpc) is 1.96. The Labute approximate surface area is 82.2 Å². The summed E-state index contributed by atoms with van der Waals surface area (Å²) in [6.45, 7) is 0.159. The van der Waals surface area contributed by atoms with Crippen molar-refractivity contribution in [3.63, 3.8) is 0 Å². The van der Waals surface area contributed by atoms with E-state index in [-0.39, 0.29) is 0 Å². The van der Waals surface area contributed by atoms with Gasteiger partial charge in [0.2, 0.25) is 0 Å². The summed E-state index contributed by atoms with van der Waals surface area (Å²) in [5, 5.41) is 0. The number of benzene rings is 1. The fourth-order valence-electron chi connectivity index (χ4n) is 0.951. The number of hydrogen-bond acceptors (Lipinski definition) is 2. The monoisotopic (exact) mass is 218 g/mol. The van der Waals surface area contributed by atoms with Gasteiger partial charge < -0.3 is 14.3 Å². The largest absolute Gasteiger partial charge is 0.424 e. The quantitative estimate of drug-likeness (QED) is 0.744. The second-order valence-electron chi connectivity index (χ2n) is 2.78. The maximum absolute atomic E-state index is 8.95. The van der Waals surface area contributed by atoms with Gasteiger partial charge in [0.05, 0.1) is 0 Å². The minimum absolute atomic E-state index is 0.438. The summed E-state index contributed by atoms with van der Waals surface area (Å²) in [7, 11) is 0. The molecule has 0 saturated heterocycles. The molecule has 1 aromatic rings. The highest BCUT2D eigenvalue weighted by atomic mass is 32.5. The van der Waals surface area contributed by atoms with Gasteiger partial charge in [-0.1, -0.05) is 12.1 Å². The smallest absolute Gasteiger partial charge is 0.375 e. The van der Waals surface area contributed by atoms with E-state index in [1.165, 1.54) is 0 Å². The van der Waals surface area contributed by atoms with Gasteiger partial charge in [0, 0.05) is 11.8 Å². The molecule has 3 nitrogen and oxygen atoms in total. The molecule has 13 heavy (non-hydrogen) atoms. The van der Waals surface area contributed by atoms with E-state index in [2.05, 4.69) is 11.8 Å². The Morgan fingerprint density at radius 1 is 1.31 bits per heavy atom. The Balaban J connectivity index is 3.03. The van der Waals surface area contributed by atoms with Gasteiger partial charge in [-0.05, 0) is 31.0 Å². The molecule has 5 heteroatoms. The predicted octanol–water partition coefficient (Wildman–Crippen LogP) is 1.89. The fraction of sp³-hybridized carbons (Fsp3) is 0.250. The second-order valence-corrected chi connectivity index (χ2v) is 5.37. The van der Waals surface area contributed by atoms with E-state index in [1.54, 1.807) is 12.1 Å². The van der Waals surface area contributed by atoms with Gasteiger partial charge in [-0.15, -0.1) is 0 Å². The summed E-state index contributed by atoms with van der Waals surface area (Å²) < 4.78 is 4.85. The number of hydrogen-bond donors (Lipinski definition) is 2. The molecule has 0 atom stereocenters. The molecular formula is C8H11O3PS. The van der Waals surface area contributed by atoms with Crippen molar-refractivity contribution in [2.45, 2.75) is 13.8 Å².